The predicted octanol–water partition coefficient (Wildman–Crippen LogP) is 4.91. The average Bonchev–Trinajstić information content (AvgIpc) is 3.36. The van der Waals surface area contributed by atoms with Crippen molar-refractivity contribution in [1.82, 2.24) is 15.1 Å². The number of nitrogens with zero attached hydrogens (tertiary/aromatic N) is 3. The summed E-state index contributed by atoms with van der Waals surface area (Å²) in [5.41, 5.74) is 6.28. The first-order valence-corrected chi connectivity index (χ1v) is 14.7. The number of anilines is 1. The van der Waals surface area contributed by atoms with Crippen molar-refractivity contribution in [3.8, 4) is 22.6 Å². The van der Waals surface area contributed by atoms with Gasteiger partial charge in [-0.25, -0.2) is 0 Å². The zero-order valence-corrected chi connectivity index (χ0v) is 24.7. The summed E-state index contributed by atoms with van der Waals surface area (Å²) in [6.45, 7) is 6.27. The lowest BCUT2D eigenvalue weighted by Crippen LogP contribution is -2.31. The number of carbonyl (C=O) groups excluding carboxylic acids is 2. The van der Waals surface area contributed by atoms with E-state index in [1.165, 1.54) is 5.56 Å². The number of aryl methyl sites for hydroxylation is 1. The Bertz CT molecular complexity index is 1580. The molecule has 4 aromatic rings. The summed E-state index contributed by atoms with van der Waals surface area (Å²) in [4.78, 5) is 27.5. The molecule has 0 saturated carbocycles. The number of carbonyl (C=O) groups is 2. The standard InChI is InChI=1S/C34H38N4O5/c1-24-8-3-13-31(25(24)2)42-18-6-14-32(40)38-16-7-19-43-33-29(11-5-12-30(33)38)28-21-36-37(23-28)22-26-9-4-10-27(20-26)34(41)35-15-17-39/h3-5,8-13,20-21,23,39H,6-7,14-19,22H2,1-2H3,(H,35,41). The van der Waals surface area contributed by atoms with Crippen molar-refractivity contribution in [2.24, 2.45) is 0 Å². The van der Waals surface area contributed by atoms with E-state index >= 15 is 0 Å². The Labute approximate surface area is 252 Å². The summed E-state index contributed by atoms with van der Waals surface area (Å²) in [6, 6.07) is 19.2. The van der Waals surface area contributed by atoms with Crippen molar-refractivity contribution >= 4 is 17.5 Å². The van der Waals surface area contributed by atoms with Crippen LogP contribution in [0.5, 0.6) is 11.5 Å². The molecule has 9 heteroatoms. The summed E-state index contributed by atoms with van der Waals surface area (Å²) in [5.74, 6) is 1.37. The fourth-order valence-electron chi connectivity index (χ4n) is 5.17. The molecule has 1 aromatic heterocycles. The minimum Gasteiger partial charge on any atom is -0.493 e. The molecule has 0 unspecified atom stereocenters. The molecular weight excluding hydrogens is 544 g/mol. The van der Waals surface area contributed by atoms with Gasteiger partial charge >= 0.3 is 0 Å². The van der Waals surface area contributed by atoms with Gasteiger partial charge in [-0.1, -0.05) is 36.4 Å². The van der Waals surface area contributed by atoms with E-state index < -0.39 is 0 Å². The number of benzene rings is 3. The largest absolute Gasteiger partial charge is 0.493 e. The number of ether oxygens (including phenoxy) is 2. The lowest BCUT2D eigenvalue weighted by atomic mass is 10.1. The maximum Gasteiger partial charge on any atom is 0.251 e. The second-order valence-electron chi connectivity index (χ2n) is 10.7. The van der Waals surface area contributed by atoms with E-state index in [-0.39, 0.29) is 25.0 Å². The van der Waals surface area contributed by atoms with Gasteiger partial charge in [-0.15, -0.1) is 0 Å². The smallest absolute Gasteiger partial charge is 0.251 e. The van der Waals surface area contributed by atoms with E-state index in [1.54, 1.807) is 12.3 Å². The van der Waals surface area contributed by atoms with Crippen LogP contribution in [0.1, 0.15) is 46.3 Å². The highest BCUT2D eigenvalue weighted by atomic mass is 16.5. The van der Waals surface area contributed by atoms with Crippen LogP contribution in [0.3, 0.4) is 0 Å². The number of hydrogen-bond donors (Lipinski definition) is 2. The van der Waals surface area contributed by atoms with Gasteiger partial charge in [0, 0.05) is 42.4 Å². The maximum atomic E-state index is 13.4. The highest BCUT2D eigenvalue weighted by Crippen LogP contribution is 2.40. The Kier molecular flexibility index (Phi) is 9.73. The van der Waals surface area contributed by atoms with Gasteiger partial charge in [0.1, 0.15) is 5.75 Å². The number of amides is 2. The molecule has 9 nitrogen and oxygen atoms in total. The van der Waals surface area contributed by atoms with Crippen LogP contribution >= 0.6 is 0 Å². The molecule has 43 heavy (non-hydrogen) atoms. The Morgan fingerprint density at radius 3 is 2.79 bits per heavy atom. The van der Waals surface area contributed by atoms with Gasteiger partial charge in [0.25, 0.3) is 5.91 Å². The molecule has 3 aromatic carbocycles. The van der Waals surface area contributed by atoms with Crippen LogP contribution < -0.4 is 19.7 Å². The van der Waals surface area contributed by atoms with E-state index in [4.69, 9.17) is 14.6 Å². The average molecular weight is 583 g/mol. The first-order valence-electron chi connectivity index (χ1n) is 14.7. The molecule has 224 valence electrons. The molecule has 1 aliphatic rings. The minimum atomic E-state index is -0.228. The van der Waals surface area contributed by atoms with Gasteiger partial charge in [0.15, 0.2) is 5.75 Å². The lowest BCUT2D eigenvalue weighted by molar-refractivity contribution is -0.118. The van der Waals surface area contributed by atoms with Crippen LogP contribution in [-0.2, 0) is 11.3 Å². The molecule has 0 aliphatic carbocycles. The van der Waals surface area contributed by atoms with Crippen LogP contribution in [-0.4, -0.2) is 59.6 Å². The number of rotatable bonds is 11. The molecule has 0 bridgehead atoms. The highest BCUT2D eigenvalue weighted by Gasteiger charge is 2.25. The van der Waals surface area contributed by atoms with Crippen LogP contribution in [0, 0.1) is 13.8 Å². The van der Waals surface area contributed by atoms with Crippen LogP contribution in [0.15, 0.2) is 73.1 Å². The van der Waals surface area contributed by atoms with Crippen LogP contribution in [0.4, 0.5) is 5.69 Å². The summed E-state index contributed by atoms with van der Waals surface area (Å²) < 4.78 is 14.0. The predicted molar refractivity (Wildman–Crippen MR) is 166 cm³/mol. The number of aliphatic hydroxyl groups excluding tert-OH is 1. The molecule has 0 saturated heterocycles. The van der Waals surface area contributed by atoms with E-state index in [0.29, 0.717) is 50.5 Å². The van der Waals surface area contributed by atoms with Crippen molar-refractivity contribution in [2.75, 3.05) is 37.8 Å². The SMILES string of the molecule is Cc1cccc(OCCCC(=O)N2CCCOc3c(-c4cnn(Cc5cccc(C(=O)NCCO)c5)c4)cccc32)c1C. The number of nitrogens with one attached hydrogen (secondary N) is 1. The third kappa shape index (κ3) is 7.24. The van der Waals surface area contributed by atoms with Crippen molar-refractivity contribution < 1.29 is 24.2 Å². The highest BCUT2D eigenvalue weighted by molar-refractivity contribution is 5.97. The quantitative estimate of drug-likeness (QED) is 0.244. The van der Waals surface area contributed by atoms with Crippen LogP contribution in [0.25, 0.3) is 11.1 Å². The van der Waals surface area contributed by atoms with E-state index in [1.807, 2.05) is 71.2 Å². The van der Waals surface area contributed by atoms with Crippen LogP contribution in [0.2, 0.25) is 0 Å². The Morgan fingerprint density at radius 1 is 1.09 bits per heavy atom. The lowest BCUT2D eigenvalue weighted by Gasteiger charge is -2.23. The Morgan fingerprint density at radius 2 is 1.93 bits per heavy atom. The summed E-state index contributed by atoms with van der Waals surface area (Å²) in [7, 11) is 0. The van der Waals surface area contributed by atoms with E-state index in [2.05, 4.69) is 23.4 Å². The van der Waals surface area contributed by atoms with Crippen molar-refractivity contribution in [3.05, 3.63) is 95.3 Å². The third-order valence-electron chi connectivity index (χ3n) is 7.58. The van der Waals surface area contributed by atoms with Gasteiger partial charge in [0.2, 0.25) is 5.91 Å². The number of para-hydroxylation sites is 1. The van der Waals surface area contributed by atoms with E-state index in [9.17, 15) is 9.59 Å². The number of hydrogen-bond acceptors (Lipinski definition) is 6. The molecule has 1 aliphatic heterocycles. The third-order valence-corrected chi connectivity index (χ3v) is 7.58. The normalized spacial score (nSPS) is 12.7. The number of aliphatic hydroxyl groups is 1. The van der Waals surface area contributed by atoms with Gasteiger partial charge in [-0.05, 0) is 67.6 Å². The maximum absolute atomic E-state index is 13.4. The summed E-state index contributed by atoms with van der Waals surface area (Å²) >= 11 is 0. The summed E-state index contributed by atoms with van der Waals surface area (Å²) in [5, 5.41) is 16.2. The van der Waals surface area contributed by atoms with E-state index in [0.717, 1.165) is 40.1 Å². The first kappa shape index (κ1) is 29.8. The minimum absolute atomic E-state index is 0.0482. The first-order chi connectivity index (χ1) is 20.9. The summed E-state index contributed by atoms with van der Waals surface area (Å²) in [6.07, 6.45) is 5.47. The van der Waals surface area contributed by atoms with Gasteiger partial charge in [0.05, 0.1) is 38.2 Å². The molecule has 5 rings (SSSR count). The molecule has 2 heterocycles. The fraction of sp³-hybridized carbons (Fsp3) is 0.324. The van der Waals surface area contributed by atoms with Gasteiger partial charge in [-0.2, -0.15) is 5.10 Å². The Balaban J connectivity index is 1.27. The fourth-order valence-corrected chi connectivity index (χ4v) is 5.17. The van der Waals surface area contributed by atoms with Gasteiger partial charge < -0.3 is 24.8 Å². The zero-order chi connectivity index (χ0) is 30.2. The topological polar surface area (TPSA) is 106 Å². The monoisotopic (exact) mass is 582 g/mol. The second kappa shape index (κ2) is 14.0. The van der Waals surface area contributed by atoms with Crippen molar-refractivity contribution in [3.63, 3.8) is 0 Å². The molecule has 2 N–H and O–H groups in total. The molecule has 0 fully saturated rings. The molecule has 2 amide bonds. The molecule has 0 atom stereocenters. The van der Waals surface area contributed by atoms with Gasteiger partial charge in [-0.3, -0.25) is 14.3 Å². The zero-order valence-electron chi connectivity index (χ0n) is 24.7. The number of aromatic nitrogens is 2. The molecule has 0 radical (unpaired) electrons. The van der Waals surface area contributed by atoms with Crippen molar-refractivity contribution in [2.45, 2.75) is 39.7 Å². The molecular formula is C34H38N4O5. The number of fused-ring (bicyclic) bond motifs is 1. The second-order valence-corrected chi connectivity index (χ2v) is 10.7. The Hall–Kier alpha value is -4.63. The molecule has 0 spiro atoms. The van der Waals surface area contributed by atoms with Crippen molar-refractivity contribution in [1.29, 1.82) is 0 Å².